The average molecular weight is 497 g/mol. The molecule has 1 saturated heterocycles. The summed E-state index contributed by atoms with van der Waals surface area (Å²) in [6.07, 6.45) is 7.76. The average Bonchev–Trinajstić information content (AvgIpc) is 2.87. The molecule has 1 aliphatic heterocycles. The van der Waals surface area contributed by atoms with Crippen molar-refractivity contribution < 1.29 is 17.9 Å². The Morgan fingerprint density at radius 2 is 1.69 bits per heavy atom. The van der Waals surface area contributed by atoms with Crippen LogP contribution in [0.1, 0.15) is 44.7 Å². The first-order chi connectivity index (χ1) is 17.3. The van der Waals surface area contributed by atoms with Crippen LogP contribution < -0.4 is 9.64 Å². The van der Waals surface area contributed by atoms with Crippen LogP contribution >= 0.6 is 0 Å². The maximum Gasteiger partial charge on any atom is 0.225 e. The highest BCUT2D eigenvalue weighted by Crippen LogP contribution is 2.32. The number of piperidine rings is 1. The predicted octanol–water partition coefficient (Wildman–Crippen LogP) is 6.25. The summed E-state index contributed by atoms with van der Waals surface area (Å²) in [6, 6.07) is 6.77. The first kappa shape index (κ1) is 25.7. The molecular formula is C28H31F3N4O. The van der Waals surface area contributed by atoms with Gasteiger partial charge in [0.05, 0.1) is 6.61 Å². The van der Waals surface area contributed by atoms with Crippen LogP contribution in [0.4, 0.5) is 19.1 Å². The third-order valence-corrected chi connectivity index (χ3v) is 6.28. The van der Waals surface area contributed by atoms with E-state index in [1.807, 2.05) is 26.2 Å². The summed E-state index contributed by atoms with van der Waals surface area (Å²) < 4.78 is 49.8. The second-order valence-electron chi connectivity index (χ2n) is 9.37. The highest BCUT2D eigenvalue weighted by atomic mass is 19.1. The molecule has 4 rings (SSSR count). The molecule has 0 spiro atoms. The van der Waals surface area contributed by atoms with E-state index in [4.69, 9.17) is 4.74 Å². The van der Waals surface area contributed by atoms with Gasteiger partial charge in [-0.1, -0.05) is 19.1 Å². The van der Waals surface area contributed by atoms with Gasteiger partial charge >= 0.3 is 0 Å². The van der Waals surface area contributed by atoms with E-state index < -0.39 is 23.2 Å². The van der Waals surface area contributed by atoms with Gasteiger partial charge in [0.25, 0.3) is 0 Å². The number of aliphatic imine (C=N–C) groups is 1. The van der Waals surface area contributed by atoms with Gasteiger partial charge in [0.2, 0.25) is 5.95 Å². The number of aryl methyl sites for hydroxylation is 1. The molecule has 2 aromatic carbocycles. The van der Waals surface area contributed by atoms with Crippen molar-refractivity contribution in [1.29, 1.82) is 0 Å². The second-order valence-corrected chi connectivity index (χ2v) is 9.37. The quantitative estimate of drug-likeness (QED) is 0.346. The van der Waals surface area contributed by atoms with E-state index in [2.05, 4.69) is 26.8 Å². The van der Waals surface area contributed by atoms with Crippen LogP contribution in [0.15, 0.2) is 47.7 Å². The summed E-state index contributed by atoms with van der Waals surface area (Å²) >= 11 is 0. The molecule has 1 aliphatic rings. The van der Waals surface area contributed by atoms with Crippen molar-refractivity contribution in [2.24, 2.45) is 10.9 Å². The van der Waals surface area contributed by atoms with Crippen molar-refractivity contribution in [3.63, 3.8) is 0 Å². The zero-order valence-electron chi connectivity index (χ0n) is 20.8. The summed E-state index contributed by atoms with van der Waals surface area (Å²) in [6.45, 7) is 7.60. The fourth-order valence-corrected chi connectivity index (χ4v) is 4.13. The maximum atomic E-state index is 14.8. The van der Waals surface area contributed by atoms with E-state index >= 15 is 0 Å². The lowest BCUT2D eigenvalue weighted by atomic mass is 9.98. The molecule has 1 aromatic heterocycles. The highest BCUT2D eigenvalue weighted by molar-refractivity contribution is 5.81. The molecule has 8 heteroatoms. The molecule has 190 valence electrons. The van der Waals surface area contributed by atoms with Crippen LogP contribution in [0.3, 0.4) is 0 Å². The van der Waals surface area contributed by atoms with Gasteiger partial charge < -0.3 is 9.64 Å². The van der Waals surface area contributed by atoms with E-state index in [-0.39, 0.29) is 29.7 Å². The van der Waals surface area contributed by atoms with Crippen LogP contribution in [-0.2, 0) is 6.42 Å². The minimum absolute atomic E-state index is 0.0861. The van der Waals surface area contributed by atoms with E-state index in [9.17, 15) is 13.2 Å². The normalized spacial score (nSPS) is 14.7. The molecule has 3 aromatic rings. The first-order valence-corrected chi connectivity index (χ1v) is 12.3. The smallest absolute Gasteiger partial charge is 0.225 e. The van der Waals surface area contributed by atoms with Crippen LogP contribution in [0.2, 0.25) is 0 Å². The van der Waals surface area contributed by atoms with Gasteiger partial charge in [0.15, 0.2) is 17.4 Å². The van der Waals surface area contributed by atoms with Crippen molar-refractivity contribution in [3.05, 3.63) is 71.3 Å². The standard InChI is InChI=1S/C28H31F3N4O/c1-4-19-14-33-28(34-15-19)35-9-7-20(8-10-35)17-36-27-25(30)12-22(13-26(27)31)23-6-5-21(11-24(23)29)16-32-18(2)3/h5-6,11-16,18,20H,4,7-10,17H2,1-3H3. The number of rotatable bonds is 8. The summed E-state index contributed by atoms with van der Waals surface area (Å²) in [5.41, 5.74) is 1.90. The number of ether oxygens (including phenoxy) is 1. The molecule has 0 radical (unpaired) electrons. The van der Waals surface area contributed by atoms with Crippen molar-refractivity contribution in [1.82, 2.24) is 9.97 Å². The Labute approximate surface area is 210 Å². The maximum absolute atomic E-state index is 14.8. The van der Waals surface area contributed by atoms with Gasteiger partial charge in [-0.05, 0) is 73.9 Å². The predicted molar refractivity (Wildman–Crippen MR) is 136 cm³/mol. The van der Waals surface area contributed by atoms with Gasteiger partial charge in [0, 0.05) is 43.3 Å². The highest BCUT2D eigenvalue weighted by Gasteiger charge is 2.23. The number of hydrogen-bond acceptors (Lipinski definition) is 5. The molecule has 0 aliphatic carbocycles. The Hall–Kier alpha value is -3.42. The van der Waals surface area contributed by atoms with Gasteiger partial charge in [0.1, 0.15) is 5.82 Å². The van der Waals surface area contributed by atoms with Gasteiger partial charge in [-0.2, -0.15) is 0 Å². The van der Waals surface area contributed by atoms with Crippen LogP contribution in [-0.4, -0.2) is 41.9 Å². The Morgan fingerprint density at radius 1 is 1.03 bits per heavy atom. The van der Waals surface area contributed by atoms with Crippen molar-refractivity contribution in [3.8, 4) is 16.9 Å². The lowest BCUT2D eigenvalue weighted by molar-refractivity contribution is 0.207. The Kier molecular flexibility index (Phi) is 8.23. The number of anilines is 1. The zero-order valence-corrected chi connectivity index (χ0v) is 20.8. The monoisotopic (exact) mass is 496 g/mol. The molecule has 1 fully saturated rings. The van der Waals surface area contributed by atoms with Crippen LogP contribution in [0.25, 0.3) is 11.1 Å². The third-order valence-electron chi connectivity index (χ3n) is 6.28. The number of hydrogen-bond donors (Lipinski definition) is 0. The van der Waals surface area contributed by atoms with Gasteiger partial charge in [-0.3, -0.25) is 4.99 Å². The van der Waals surface area contributed by atoms with Gasteiger partial charge in [-0.25, -0.2) is 23.1 Å². The third kappa shape index (κ3) is 6.22. The van der Waals surface area contributed by atoms with E-state index in [0.717, 1.165) is 50.0 Å². The molecule has 0 N–H and O–H groups in total. The first-order valence-electron chi connectivity index (χ1n) is 12.3. The lowest BCUT2D eigenvalue weighted by Gasteiger charge is -2.31. The van der Waals surface area contributed by atoms with E-state index in [0.29, 0.717) is 11.5 Å². The molecule has 0 bridgehead atoms. The number of halogens is 3. The minimum Gasteiger partial charge on any atom is -0.487 e. The Balaban J connectivity index is 1.37. The summed E-state index contributed by atoms with van der Waals surface area (Å²) in [7, 11) is 0. The van der Waals surface area contributed by atoms with E-state index in [1.165, 1.54) is 12.1 Å². The van der Waals surface area contributed by atoms with Crippen LogP contribution in [0.5, 0.6) is 5.75 Å². The van der Waals surface area contributed by atoms with E-state index in [1.54, 1.807) is 12.3 Å². The molecule has 0 unspecified atom stereocenters. The Morgan fingerprint density at radius 3 is 2.28 bits per heavy atom. The van der Waals surface area contributed by atoms with Gasteiger partial charge in [-0.15, -0.1) is 0 Å². The largest absolute Gasteiger partial charge is 0.487 e. The topological polar surface area (TPSA) is 50.6 Å². The van der Waals surface area contributed by atoms with Crippen molar-refractivity contribution in [2.75, 3.05) is 24.6 Å². The molecule has 0 atom stereocenters. The molecule has 5 nitrogen and oxygen atoms in total. The van der Waals surface area contributed by atoms with Crippen LogP contribution in [0, 0.1) is 23.4 Å². The summed E-state index contributed by atoms with van der Waals surface area (Å²) in [5.74, 6) is -1.84. The Bertz CT molecular complexity index is 1180. The van der Waals surface area contributed by atoms with Crippen molar-refractivity contribution >= 4 is 12.2 Å². The number of aromatic nitrogens is 2. The molecular weight excluding hydrogens is 465 g/mol. The fourth-order valence-electron chi connectivity index (χ4n) is 4.13. The SMILES string of the molecule is CCc1cnc(N2CCC(COc3c(F)cc(-c4ccc(C=NC(C)C)cc4F)cc3F)CC2)nc1. The molecule has 36 heavy (non-hydrogen) atoms. The zero-order chi connectivity index (χ0) is 25.7. The molecule has 0 amide bonds. The minimum atomic E-state index is -0.850. The lowest BCUT2D eigenvalue weighted by Crippen LogP contribution is -2.36. The second kappa shape index (κ2) is 11.5. The summed E-state index contributed by atoms with van der Waals surface area (Å²) in [4.78, 5) is 15.2. The summed E-state index contributed by atoms with van der Waals surface area (Å²) in [5, 5.41) is 0. The molecule has 2 heterocycles. The van der Waals surface area contributed by atoms with Crippen molar-refractivity contribution in [2.45, 2.75) is 46.1 Å². The number of nitrogens with zero attached hydrogens (tertiary/aromatic N) is 4. The fraction of sp³-hybridized carbons (Fsp3) is 0.393. The molecule has 0 saturated carbocycles. The number of benzene rings is 2.